The fraction of sp³-hybridized carbons (Fsp3) is 0.462. The summed E-state index contributed by atoms with van der Waals surface area (Å²) in [6.07, 6.45) is 3.29. The number of guanidine groups is 1. The number of rotatable bonds is 6. The van der Waals surface area contributed by atoms with Crippen molar-refractivity contribution < 1.29 is 0 Å². The van der Waals surface area contributed by atoms with Gasteiger partial charge in [-0.25, -0.2) is 0 Å². The summed E-state index contributed by atoms with van der Waals surface area (Å²) >= 11 is 1.87. The number of halogens is 1. The van der Waals surface area contributed by atoms with Gasteiger partial charge in [-0.1, -0.05) is 30.3 Å². The molecule has 0 aliphatic carbocycles. The lowest BCUT2D eigenvalue weighted by Gasteiger charge is -2.11. The lowest BCUT2D eigenvalue weighted by Crippen LogP contribution is -2.37. The van der Waals surface area contributed by atoms with Crippen molar-refractivity contribution in [3.63, 3.8) is 0 Å². The van der Waals surface area contributed by atoms with Gasteiger partial charge in [0.2, 0.25) is 0 Å². The molecule has 0 saturated carbocycles. The van der Waals surface area contributed by atoms with E-state index in [-0.39, 0.29) is 24.0 Å². The van der Waals surface area contributed by atoms with Crippen LogP contribution in [-0.2, 0) is 6.54 Å². The average molecular weight is 379 g/mol. The van der Waals surface area contributed by atoms with Gasteiger partial charge in [0.1, 0.15) is 0 Å². The zero-order valence-electron chi connectivity index (χ0n) is 11.0. The van der Waals surface area contributed by atoms with Gasteiger partial charge in [0, 0.05) is 20.1 Å². The second-order valence-corrected chi connectivity index (χ2v) is 4.67. The van der Waals surface area contributed by atoms with Gasteiger partial charge in [-0.05, 0) is 24.0 Å². The van der Waals surface area contributed by atoms with Crippen molar-refractivity contribution in [3.05, 3.63) is 35.9 Å². The van der Waals surface area contributed by atoms with Crippen molar-refractivity contribution >= 4 is 41.7 Å². The van der Waals surface area contributed by atoms with Crippen LogP contribution in [0.3, 0.4) is 0 Å². The van der Waals surface area contributed by atoms with Crippen LogP contribution >= 0.6 is 35.7 Å². The number of benzene rings is 1. The van der Waals surface area contributed by atoms with Crippen molar-refractivity contribution in [3.8, 4) is 0 Å². The number of hydrogen-bond acceptors (Lipinski definition) is 2. The molecule has 0 bridgehead atoms. The molecule has 102 valence electrons. The largest absolute Gasteiger partial charge is 0.356 e. The third-order valence-corrected chi connectivity index (χ3v) is 3.04. The van der Waals surface area contributed by atoms with E-state index >= 15 is 0 Å². The molecule has 0 heterocycles. The lowest BCUT2D eigenvalue weighted by molar-refractivity contribution is 0.786. The van der Waals surface area contributed by atoms with E-state index in [1.165, 1.54) is 11.3 Å². The highest BCUT2D eigenvalue weighted by molar-refractivity contribution is 14.0. The number of thioether (sulfide) groups is 1. The number of aliphatic imine (C=N–C) groups is 1. The molecule has 0 radical (unpaired) electrons. The molecule has 2 N–H and O–H groups in total. The molecule has 5 heteroatoms. The Labute approximate surface area is 131 Å². The Kier molecular flexibility index (Phi) is 11.4. The summed E-state index contributed by atoms with van der Waals surface area (Å²) in [4.78, 5) is 4.19. The maximum atomic E-state index is 4.19. The SMILES string of the molecule is CN=C(NCCCSC)NCc1ccccc1.I. The standard InChI is InChI=1S/C13H21N3S.HI/c1-14-13(15-9-6-10-17-2)16-11-12-7-4-3-5-8-12;/h3-5,7-8H,6,9-11H2,1-2H3,(H2,14,15,16);1H. The van der Waals surface area contributed by atoms with Crippen LogP contribution in [0.25, 0.3) is 0 Å². The molecule has 0 aliphatic rings. The first-order chi connectivity index (χ1) is 8.36. The first-order valence-electron chi connectivity index (χ1n) is 5.84. The first-order valence-corrected chi connectivity index (χ1v) is 7.23. The summed E-state index contributed by atoms with van der Waals surface area (Å²) in [5.74, 6) is 2.05. The summed E-state index contributed by atoms with van der Waals surface area (Å²) in [6.45, 7) is 1.78. The Morgan fingerprint density at radius 3 is 2.56 bits per heavy atom. The molecule has 0 aromatic heterocycles. The molecule has 1 rings (SSSR count). The fourth-order valence-corrected chi connectivity index (χ4v) is 1.86. The van der Waals surface area contributed by atoms with Crippen molar-refractivity contribution in [2.45, 2.75) is 13.0 Å². The van der Waals surface area contributed by atoms with Crippen molar-refractivity contribution in [2.75, 3.05) is 25.6 Å². The number of nitrogens with one attached hydrogen (secondary N) is 2. The average Bonchev–Trinajstić information content (AvgIpc) is 2.39. The van der Waals surface area contributed by atoms with E-state index in [9.17, 15) is 0 Å². The second kappa shape index (κ2) is 11.6. The molecule has 1 aromatic rings. The van der Waals surface area contributed by atoms with E-state index < -0.39 is 0 Å². The Hall–Kier alpha value is -0.430. The minimum atomic E-state index is 0. The van der Waals surface area contributed by atoms with Crippen molar-refractivity contribution in [2.24, 2.45) is 4.99 Å². The maximum absolute atomic E-state index is 4.19. The molecule has 0 atom stereocenters. The summed E-state index contributed by atoms with van der Waals surface area (Å²) in [5, 5.41) is 6.59. The molecule has 0 aliphatic heterocycles. The van der Waals surface area contributed by atoms with Gasteiger partial charge in [-0.15, -0.1) is 24.0 Å². The second-order valence-electron chi connectivity index (χ2n) is 3.68. The van der Waals surface area contributed by atoms with E-state index in [0.29, 0.717) is 0 Å². The highest BCUT2D eigenvalue weighted by Gasteiger charge is 1.96. The summed E-state index contributed by atoms with van der Waals surface area (Å²) in [5.41, 5.74) is 1.26. The monoisotopic (exact) mass is 379 g/mol. The van der Waals surface area contributed by atoms with Crippen molar-refractivity contribution in [1.29, 1.82) is 0 Å². The topological polar surface area (TPSA) is 36.4 Å². The van der Waals surface area contributed by atoms with Crippen LogP contribution in [0.2, 0.25) is 0 Å². The van der Waals surface area contributed by atoms with E-state index in [0.717, 1.165) is 25.5 Å². The van der Waals surface area contributed by atoms with Gasteiger partial charge < -0.3 is 10.6 Å². The van der Waals surface area contributed by atoms with Gasteiger partial charge in [-0.2, -0.15) is 11.8 Å². The van der Waals surface area contributed by atoms with Gasteiger partial charge >= 0.3 is 0 Å². The van der Waals surface area contributed by atoms with Crippen LogP contribution in [-0.4, -0.2) is 31.6 Å². The number of nitrogens with zero attached hydrogens (tertiary/aromatic N) is 1. The van der Waals surface area contributed by atoms with E-state index in [4.69, 9.17) is 0 Å². The molecule has 18 heavy (non-hydrogen) atoms. The summed E-state index contributed by atoms with van der Waals surface area (Å²) in [7, 11) is 1.80. The minimum Gasteiger partial charge on any atom is -0.356 e. The Balaban J connectivity index is 0.00000289. The Morgan fingerprint density at radius 2 is 1.94 bits per heavy atom. The van der Waals surface area contributed by atoms with Gasteiger partial charge in [-0.3, -0.25) is 4.99 Å². The Morgan fingerprint density at radius 1 is 1.22 bits per heavy atom. The predicted octanol–water partition coefficient (Wildman–Crippen LogP) is 2.72. The molecule has 0 fully saturated rings. The zero-order valence-corrected chi connectivity index (χ0v) is 14.1. The number of hydrogen-bond donors (Lipinski definition) is 2. The van der Waals surface area contributed by atoms with Crippen LogP contribution in [0.5, 0.6) is 0 Å². The van der Waals surface area contributed by atoms with Crippen LogP contribution in [0.1, 0.15) is 12.0 Å². The van der Waals surface area contributed by atoms with Crippen LogP contribution in [0.15, 0.2) is 35.3 Å². The van der Waals surface area contributed by atoms with Crippen LogP contribution in [0, 0.1) is 0 Å². The molecular formula is C13H22IN3S. The quantitative estimate of drug-likeness (QED) is 0.345. The van der Waals surface area contributed by atoms with Crippen LogP contribution < -0.4 is 10.6 Å². The third-order valence-electron chi connectivity index (χ3n) is 2.34. The third kappa shape index (κ3) is 7.81. The van der Waals surface area contributed by atoms with Gasteiger partial charge in [0.15, 0.2) is 5.96 Å². The minimum absolute atomic E-state index is 0. The summed E-state index contributed by atoms with van der Waals surface area (Å²) < 4.78 is 0. The normalized spacial score (nSPS) is 10.7. The van der Waals surface area contributed by atoms with Crippen LogP contribution in [0.4, 0.5) is 0 Å². The maximum Gasteiger partial charge on any atom is 0.191 e. The fourth-order valence-electron chi connectivity index (χ4n) is 1.43. The summed E-state index contributed by atoms with van der Waals surface area (Å²) in [6, 6.07) is 10.3. The van der Waals surface area contributed by atoms with Crippen molar-refractivity contribution in [1.82, 2.24) is 10.6 Å². The zero-order chi connectivity index (χ0) is 12.3. The molecule has 3 nitrogen and oxygen atoms in total. The lowest BCUT2D eigenvalue weighted by atomic mass is 10.2. The smallest absolute Gasteiger partial charge is 0.191 e. The molecule has 0 amide bonds. The molecule has 0 spiro atoms. The Bertz CT molecular complexity index is 330. The molecule has 0 saturated heterocycles. The molecule has 1 aromatic carbocycles. The first kappa shape index (κ1) is 17.6. The van der Waals surface area contributed by atoms with Gasteiger partial charge in [0.05, 0.1) is 0 Å². The predicted molar refractivity (Wildman–Crippen MR) is 93.1 cm³/mol. The molecule has 0 unspecified atom stereocenters. The van der Waals surface area contributed by atoms with E-state index in [1.54, 1.807) is 7.05 Å². The molecular weight excluding hydrogens is 357 g/mol. The highest BCUT2D eigenvalue weighted by Crippen LogP contribution is 1.97. The van der Waals surface area contributed by atoms with E-state index in [2.05, 4.69) is 34.0 Å². The highest BCUT2D eigenvalue weighted by atomic mass is 127. The van der Waals surface area contributed by atoms with E-state index in [1.807, 2.05) is 30.0 Å². The van der Waals surface area contributed by atoms with Gasteiger partial charge in [0.25, 0.3) is 0 Å².